The van der Waals surface area contributed by atoms with Crippen LogP contribution in [0.5, 0.6) is 5.75 Å². The van der Waals surface area contributed by atoms with Crippen LogP contribution in [0.1, 0.15) is 71.7 Å². The number of aliphatic carboxylic acids is 1. The third kappa shape index (κ3) is 7.05. The number of ether oxygens (including phenoxy) is 4. The maximum atomic E-state index is 15.8. The Hall–Kier alpha value is -6.26. The van der Waals surface area contributed by atoms with Gasteiger partial charge in [0, 0.05) is 12.7 Å². The Kier molecular flexibility index (Phi) is 11.3. The Balaban J connectivity index is 1.43. The topological polar surface area (TPSA) is 152 Å². The van der Waals surface area contributed by atoms with Crippen LogP contribution in [0, 0.1) is 17.8 Å². The minimum atomic E-state index is -2.14. The van der Waals surface area contributed by atoms with Crippen molar-refractivity contribution in [1.29, 1.82) is 0 Å². The number of cyclic esters (lactones) is 1. The van der Waals surface area contributed by atoms with E-state index in [-0.39, 0.29) is 37.7 Å². The number of rotatable bonds is 10. The number of fused-ring (bicyclic) bond motifs is 3. The maximum absolute atomic E-state index is 15.8. The van der Waals surface area contributed by atoms with Crippen LogP contribution in [0.15, 0.2) is 115 Å². The fourth-order valence-corrected chi connectivity index (χ4v) is 9.26. The molecule has 6 atom stereocenters. The van der Waals surface area contributed by atoms with E-state index in [0.717, 1.165) is 36.2 Å². The number of morpholine rings is 1. The molecule has 302 valence electrons. The number of amides is 2. The van der Waals surface area contributed by atoms with Gasteiger partial charge in [-0.15, -0.1) is 0 Å². The van der Waals surface area contributed by atoms with Gasteiger partial charge in [0.05, 0.1) is 31.0 Å². The summed E-state index contributed by atoms with van der Waals surface area (Å²) in [6.45, 7) is -0.412. The molecule has 59 heavy (non-hydrogen) atoms. The zero-order valence-electron chi connectivity index (χ0n) is 32.5. The third-order valence-electron chi connectivity index (χ3n) is 11.6. The normalized spacial score (nSPS) is 24.7. The molecule has 8 rings (SSSR count). The number of carbonyl (C=O) groups excluding carboxylic acids is 3. The van der Waals surface area contributed by atoms with Crippen LogP contribution in [0.3, 0.4) is 0 Å². The molecule has 2 fully saturated rings. The first kappa shape index (κ1) is 39.6. The first-order valence-corrected chi connectivity index (χ1v) is 19.8. The summed E-state index contributed by atoms with van der Waals surface area (Å²) in [6, 6.07) is 26.8. The van der Waals surface area contributed by atoms with E-state index in [2.05, 4.69) is 17.9 Å². The van der Waals surface area contributed by atoms with Gasteiger partial charge in [-0.05, 0) is 83.8 Å². The second-order valence-electron chi connectivity index (χ2n) is 15.0. The second-order valence-corrected chi connectivity index (χ2v) is 15.0. The minimum Gasteiger partial charge on any atom is -0.491 e. The fourth-order valence-electron chi connectivity index (χ4n) is 9.26. The van der Waals surface area contributed by atoms with Gasteiger partial charge in [0.15, 0.2) is 0 Å². The van der Waals surface area contributed by atoms with E-state index in [1.807, 2.05) is 60.7 Å². The number of carboxylic acid groups (broad SMARTS) is 1. The van der Waals surface area contributed by atoms with E-state index in [0.29, 0.717) is 28.0 Å². The lowest BCUT2D eigenvalue weighted by Crippen LogP contribution is -2.53. The molecule has 3 heterocycles. The number of hydrogen-bond acceptors (Lipinski definition) is 10. The monoisotopic (exact) mass is 796 g/mol. The molecule has 0 aromatic heterocycles. The number of nitrogens with zero attached hydrogens (tertiary/aromatic N) is 2. The molecule has 12 nitrogen and oxygen atoms in total. The molecule has 2 N–H and O–H groups in total. The predicted molar refractivity (Wildman–Crippen MR) is 215 cm³/mol. The molecule has 1 aliphatic carbocycles. The summed E-state index contributed by atoms with van der Waals surface area (Å²) in [6.07, 6.45) is 4.03. The van der Waals surface area contributed by atoms with E-state index >= 15 is 4.79 Å². The van der Waals surface area contributed by atoms with Gasteiger partial charge in [-0.3, -0.25) is 19.3 Å². The van der Waals surface area contributed by atoms with Gasteiger partial charge in [-0.2, -0.15) is 0 Å². The summed E-state index contributed by atoms with van der Waals surface area (Å²) in [5, 5.41) is 21.2. The van der Waals surface area contributed by atoms with Crippen molar-refractivity contribution >= 4 is 29.6 Å². The Morgan fingerprint density at radius 2 is 1.59 bits per heavy atom. The van der Waals surface area contributed by atoms with Crippen molar-refractivity contribution in [3.8, 4) is 17.6 Å². The lowest BCUT2D eigenvalue weighted by atomic mass is 9.65. The Bertz CT molecular complexity index is 2340. The van der Waals surface area contributed by atoms with Crippen molar-refractivity contribution in [2.45, 2.75) is 55.3 Å². The lowest BCUT2D eigenvalue weighted by molar-refractivity contribution is -0.179. The predicted octanol–water partition coefficient (Wildman–Crippen LogP) is 6.44. The molecule has 0 saturated carbocycles. The van der Waals surface area contributed by atoms with E-state index in [1.165, 1.54) is 7.11 Å². The van der Waals surface area contributed by atoms with E-state index < -0.39 is 59.5 Å². The number of aliphatic hydroxyl groups is 1. The quantitative estimate of drug-likeness (QED) is 0.104. The van der Waals surface area contributed by atoms with Crippen LogP contribution in [0.2, 0.25) is 0 Å². The number of esters is 1. The van der Waals surface area contributed by atoms with Crippen molar-refractivity contribution in [3.05, 3.63) is 143 Å². The molecule has 0 bridgehead atoms. The lowest BCUT2D eigenvalue weighted by Gasteiger charge is -2.46. The number of hydrogen-bond donors (Lipinski definition) is 2. The fraction of sp³-hybridized carbons (Fsp3) is 0.319. The number of carboxylic acids is 1. The smallest absolute Gasteiger partial charge is 0.421 e. The molecule has 4 aliphatic rings. The maximum Gasteiger partial charge on any atom is 0.421 e. The first-order valence-electron chi connectivity index (χ1n) is 19.8. The molecular formula is C47H44N2O10. The summed E-state index contributed by atoms with van der Waals surface area (Å²) in [5.74, 6) is 1.94. The summed E-state index contributed by atoms with van der Waals surface area (Å²) in [7, 11) is 1.45. The molecule has 3 aliphatic heterocycles. The molecule has 4 aromatic rings. The SMILES string of the molecule is COCCOC(=O)N1C(=O)[C@@]2(c3cc(C#CC4=CCCCC4)ccc31)[C@H](c1cccc(OCCO)c1)N1[C@H](c3ccccc3)[C@H](c3ccccc3)OC(=O)[C@H]1[C@@H]2C(=O)O. The summed E-state index contributed by atoms with van der Waals surface area (Å²) in [4.78, 5) is 61.6. The molecule has 4 aromatic carbocycles. The van der Waals surface area contributed by atoms with E-state index in [4.69, 9.17) is 18.9 Å². The number of imide groups is 1. The van der Waals surface area contributed by atoms with Crippen LogP contribution >= 0.6 is 0 Å². The summed E-state index contributed by atoms with van der Waals surface area (Å²) < 4.78 is 22.9. The van der Waals surface area contributed by atoms with Crippen LogP contribution in [0.25, 0.3) is 0 Å². The first-order chi connectivity index (χ1) is 28.8. The summed E-state index contributed by atoms with van der Waals surface area (Å²) in [5.41, 5.74) is 1.48. The van der Waals surface area contributed by atoms with Crippen LogP contribution in [-0.4, -0.2) is 78.6 Å². The molecule has 2 saturated heterocycles. The zero-order valence-corrected chi connectivity index (χ0v) is 32.5. The molecule has 0 unspecified atom stereocenters. The van der Waals surface area contributed by atoms with Crippen LogP contribution < -0.4 is 9.64 Å². The van der Waals surface area contributed by atoms with Crippen molar-refractivity contribution in [3.63, 3.8) is 0 Å². The average molecular weight is 797 g/mol. The van der Waals surface area contributed by atoms with Crippen LogP contribution in [0.4, 0.5) is 10.5 Å². The number of aliphatic hydroxyl groups excluding tert-OH is 1. The molecule has 1 spiro atoms. The number of methoxy groups -OCH3 is 1. The average Bonchev–Trinajstić information content (AvgIpc) is 3.72. The van der Waals surface area contributed by atoms with Crippen molar-refractivity contribution in [2.75, 3.05) is 38.4 Å². The van der Waals surface area contributed by atoms with Gasteiger partial charge in [-0.1, -0.05) is 90.7 Å². The Morgan fingerprint density at radius 3 is 2.29 bits per heavy atom. The Labute approximate surface area is 341 Å². The number of allylic oxidation sites excluding steroid dienone is 2. The number of anilines is 1. The zero-order chi connectivity index (χ0) is 41.1. The van der Waals surface area contributed by atoms with E-state index in [9.17, 15) is 24.6 Å². The molecule has 12 heteroatoms. The highest BCUT2D eigenvalue weighted by atomic mass is 16.6. The van der Waals surface area contributed by atoms with Gasteiger partial charge >= 0.3 is 18.0 Å². The van der Waals surface area contributed by atoms with Gasteiger partial charge in [0.25, 0.3) is 0 Å². The van der Waals surface area contributed by atoms with E-state index in [1.54, 1.807) is 47.4 Å². The van der Waals surface area contributed by atoms with Gasteiger partial charge in [-0.25, -0.2) is 9.69 Å². The third-order valence-corrected chi connectivity index (χ3v) is 11.6. The second kappa shape index (κ2) is 16.9. The van der Waals surface area contributed by atoms with Crippen LogP contribution in [-0.2, 0) is 34.0 Å². The van der Waals surface area contributed by atoms with Crippen molar-refractivity contribution in [2.24, 2.45) is 5.92 Å². The summed E-state index contributed by atoms with van der Waals surface area (Å²) >= 11 is 0. The highest BCUT2D eigenvalue weighted by Crippen LogP contribution is 2.66. The molecule has 2 amide bonds. The molecular weight excluding hydrogens is 753 g/mol. The number of carbonyl (C=O) groups is 4. The highest BCUT2D eigenvalue weighted by molar-refractivity contribution is 6.23. The van der Waals surface area contributed by atoms with Gasteiger partial charge < -0.3 is 29.2 Å². The van der Waals surface area contributed by atoms with Crippen molar-refractivity contribution in [1.82, 2.24) is 4.90 Å². The van der Waals surface area contributed by atoms with Gasteiger partial charge in [0.2, 0.25) is 5.91 Å². The highest BCUT2D eigenvalue weighted by Gasteiger charge is 2.76. The standard InChI is InChI=1S/C47H44N2O10/c1-56-26-27-58-46(55)48-37-23-22-31(21-20-30-12-5-2-6-13-30)28-36(37)47(45(48)54)38(43(51)52)40-44(53)59-41(33-16-9-4-10-17-33)39(32-14-7-3-8-15-32)49(40)42(47)34-18-11-19-35(29-34)57-25-24-50/h3-4,7-12,14-19,22-23,28-29,38-42,50H,2,5-6,13,24-27H2,1H3,(H,51,52)/t38-,39-,40-,41+,42+,47-/m1/s1. The molecule has 0 radical (unpaired) electrons. The number of benzene rings is 4. The Morgan fingerprint density at radius 1 is 0.847 bits per heavy atom. The van der Waals surface area contributed by atoms with Gasteiger partial charge in [0.1, 0.15) is 42.4 Å². The minimum absolute atomic E-state index is 0.0281. The van der Waals surface area contributed by atoms with Crippen molar-refractivity contribution < 1.29 is 48.3 Å². The largest absolute Gasteiger partial charge is 0.491 e.